The second-order valence-electron chi connectivity index (χ2n) is 4.61. The third-order valence-corrected chi connectivity index (χ3v) is 4.13. The highest BCUT2D eigenvalue weighted by Crippen LogP contribution is 2.25. The number of thiazole rings is 1. The van der Waals surface area contributed by atoms with E-state index in [1.54, 1.807) is 18.4 Å². The van der Waals surface area contributed by atoms with Gasteiger partial charge in [-0.2, -0.15) is 0 Å². The Morgan fingerprint density at radius 3 is 2.83 bits per heavy atom. The average Bonchev–Trinajstić information content (AvgIpc) is 2.71. The molecular formula is C13H25N3OS. The lowest BCUT2D eigenvalue weighted by molar-refractivity contribution is 0.124. The molecule has 4 nitrogen and oxygen atoms in total. The van der Waals surface area contributed by atoms with Crippen LogP contribution in [-0.4, -0.2) is 38.3 Å². The number of methoxy groups -OCH3 is 1. The first-order valence-corrected chi connectivity index (χ1v) is 7.31. The molecule has 0 fully saturated rings. The highest BCUT2D eigenvalue weighted by Gasteiger charge is 2.12. The highest BCUT2D eigenvalue weighted by atomic mass is 32.1. The van der Waals surface area contributed by atoms with Crippen molar-refractivity contribution >= 4 is 16.5 Å². The van der Waals surface area contributed by atoms with Crippen LogP contribution >= 0.6 is 11.3 Å². The predicted molar refractivity (Wildman–Crippen MR) is 78.6 cm³/mol. The van der Waals surface area contributed by atoms with Gasteiger partial charge in [-0.3, -0.25) is 0 Å². The fourth-order valence-electron chi connectivity index (χ4n) is 1.66. The first-order chi connectivity index (χ1) is 8.58. The summed E-state index contributed by atoms with van der Waals surface area (Å²) in [5.41, 5.74) is 1.13. The Hall–Kier alpha value is -0.650. The Bertz CT molecular complexity index is 354. The maximum absolute atomic E-state index is 5.28. The van der Waals surface area contributed by atoms with E-state index >= 15 is 0 Å². The molecule has 0 aromatic carbocycles. The minimum atomic E-state index is 0.223. The van der Waals surface area contributed by atoms with Crippen molar-refractivity contribution in [3.63, 3.8) is 0 Å². The standard InChI is InChI=1S/C13H25N3OS/c1-6-7-14-8-12-11(3)15-13(18-12)16(4)9-10(2)17-5/h10,14H,6-9H2,1-5H3. The summed E-state index contributed by atoms with van der Waals surface area (Å²) in [6.45, 7) is 9.18. The molecule has 0 amide bonds. The molecule has 0 aliphatic carbocycles. The molecule has 1 N–H and O–H groups in total. The minimum absolute atomic E-state index is 0.223. The van der Waals surface area contributed by atoms with Crippen molar-refractivity contribution in [2.45, 2.75) is 39.8 Å². The van der Waals surface area contributed by atoms with Gasteiger partial charge in [-0.05, 0) is 26.8 Å². The Balaban J connectivity index is 2.59. The summed E-state index contributed by atoms with van der Waals surface area (Å²) in [5, 5.41) is 4.50. The molecule has 5 heteroatoms. The zero-order valence-electron chi connectivity index (χ0n) is 12.1. The molecule has 0 radical (unpaired) electrons. The number of rotatable bonds is 8. The van der Waals surface area contributed by atoms with Gasteiger partial charge in [-0.25, -0.2) is 4.98 Å². The number of nitrogens with zero attached hydrogens (tertiary/aromatic N) is 2. The summed E-state index contributed by atoms with van der Waals surface area (Å²) in [6, 6.07) is 0. The van der Waals surface area contributed by atoms with Gasteiger partial charge in [0, 0.05) is 32.1 Å². The van der Waals surface area contributed by atoms with Gasteiger partial charge in [0.05, 0.1) is 11.8 Å². The van der Waals surface area contributed by atoms with E-state index in [1.165, 1.54) is 4.88 Å². The molecule has 1 unspecified atom stereocenters. The van der Waals surface area contributed by atoms with Crippen LogP contribution in [-0.2, 0) is 11.3 Å². The van der Waals surface area contributed by atoms with E-state index in [0.29, 0.717) is 0 Å². The van der Waals surface area contributed by atoms with E-state index in [1.807, 2.05) is 0 Å². The van der Waals surface area contributed by atoms with Gasteiger partial charge in [0.25, 0.3) is 0 Å². The molecule has 104 valence electrons. The summed E-state index contributed by atoms with van der Waals surface area (Å²) in [4.78, 5) is 8.12. The number of nitrogens with one attached hydrogen (secondary N) is 1. The van der Waals surface area contributed by atoms with Gasteiger partial charge in [-0.1, -0.05) is 6.92 Å². The lowest BCUT2D eigenvalue weighted by Gasteiger charge is -2.19. The molecule has 1 atom stereocenters. The summed E-state index contributed by atoms with van der Waals surface area (Å²) in [5.74, 6) is 0. The van der Waals surface area contributed by atoms with Gasteiger partial charge < -0.3 is 15.0 Å². The molecule has 0 saturated carbocycles. The molecule has 0 bridgehead atoms. The second-order valence-corrected chi connectivity index (χ2v) is 5.67. The van der Waals surface area contributed by atoms with Crippen molar-refractivity contribution in [3.8, 4) is 0 Å². The molecule has 1 aromatic heterocycles. The van der Waals surface area contributed by atoms with Crippen LogP contribution in [0, 0.1) is 6.92 Å². The van der Waals surface area contributed by atoms with Crippen molar-refractivity contribution < 1.29 is 4.74 Å². The molecule has 0 aliphatic rings. The molecule has 18 heavy (non-hydrogen) atoms. The summed E-state index contributed by atoms with van der Waals surface area (Å²) in [6.07, 6.45) is 1.39. The number of hydrogen-bond acceptors (Lipinski definition) is 5. The fraction of sp³-hybridized carbons (Fsp3) is 0.769. The largest absolute Gasteiger partial charge is 0.380 e. The van der Waals surface area contributed by atoms with E-state index in [-0.39, 0.29) is 6.10 Å². The Morgan fingerprint density at radius 1 is 1.50 bits per heavy atom. The third kappa shape index (κ3) is 4.55. The second kappa shape index (κ2) is 7.71. The van der Waals surface area contributed by atoms with Gasteiger partial charge in [0.15, 0.2) is 5.13 Å². The lowest BCUT2D eigenvalue weighted by Crippen LogP contribution is -2.28. The molecule has 0 aliphatic heterocycles. The molecule has 0 saturated heterocycles. The van der Waals surface area contributed by atoms with Crippen LogP contribution < -0.4 is 10.2 Å². The van der Waals surface area contributed by atoms with Crippen LogP contribution in [0.25, 0.3) is 0 Å². The van der Waals surface area contributed by atoms with Gasteiger partial charge in [0.1, 0.15) is 0 Å². The van der Waals surface area contributed by atoms with Gasteiger partial charge in [0.2, 0.25) is 0 Å². The maximum atomic E-state index is 5.28. The van der Waals surface area contributed by atoms with Crippen LogP contribution in [0.1, 0.15) is 30.8 Å². The number of anilines is 1. The number of ether oxygens (including phenoxy) is 1. The third-order valence-electron chi connectivity index (χ3n) is 2.85. The Morgan fingerprint density at radius 2 is 2.22 bits per heavy atom. The normalized spacial score (nSPS) is 12.7. The Kier molecular flexibility index (Phi) is 6.60. The lowest BCUT2D eigenvalue weighted by atomic mass is 10.4. The van der Waals surface area contributed by atoms with E-state index in [9.17, 15) is 0 Å². The minimum Gasteiger partial charge on any atom is -0.380 e. The topological polar surface area (TPSA) is 37.4 Å². The Labute approximate surface area is 114 Å². The molecule has 1 rings (SSSR count). The van der Waals surface area contributed by atoms with Gasteiger partial charge >= 0.3 is 0 Å². The predicted octanol–water partition coefficient (Wildman–Crippen LogP) is 2.42. The van der Waals surface area contributed by atoms with Gasteiger partial charge in [-0.15, -0.1) is 11.3 Å². The quantitative estimate of drug-likeness (QED) is 0.737. The average molecular weight is 271 g/mol. The molecule has 1 heterocycles. The van der Waals surface area contributed by atoms with Crippen molar-refractivity contribution in [2.75, 3.05) is 32.1 Å². The van der Waals surface area contributed by atoms with Crippen molar-refractivity contribution in [2.24, 2.45) is 0 Å². The zero-order valence-corrected chi connectivity index (χ0v) is 12.9. The first-order valence-electron chi connectivity index (χ1n) is 6.49. The summed E-state index contributed by atoms with van der Waals surface area (Å²) in [7, 11) is 3.81. The van der Waals surface area contributed by atoms with E-state index in [2.05, 4.69) is 43.0 Å². The van der Waals surface area contributed by atoms with Crippen LogP contribution in [0.5, 0.6) is 0 Å². The van der Waals surface area contributed by atoms with Crippen molar-refractivity contribution in [3.05, 3.63) is 10.6 Å². The summed E-state index contributed by atoms with van der Waals surface area (Å²) >= 11 is 1.77. The zero-order chi connectivity index (χ0) is 13.5. The SMILES string of the molecule is CCCNCc1sc(N(C)CC(C)OC)nc1C. The smallest absolute Gasteiger partial charge is 0.185 e. The van der Waals surface area contributed by atoms with E-state index in [4.69, 9.17) is 4.74 Å². The van der Waals surface area contributed by atoms with Crippen LogP contribution in [0.2, 0.25) is 0 Å². The summed E-state index contributed by atoms with van der Waals surface area (Å²) < 4.78 is 5.28. The van der Waals surface area contributed by atoms with Crippen LogP contribution in [0.4, 0.5) is 5.13 Å². The highest BCUT2D eigenvalue weighted by molar-refractivity contribution is 7.15. The fourth-order valence-corrected chi connectivity index (χ4v) is 2.66. The van der Waals surface area contributed by atoms with Crippen molar-refractivity contribution in [1.29, 1.82) is 0 Å². The van der Waals surface area contributed by atoms with E-state index in [0.717, 1.165) is 36.9 Å². The molecular weight excluding hydrogens is 246 g/mol. The number of likely N-dealkylation sites (N-methyl/N-ethyl adjacent to an activating group) is 1. The van der Waals surface area contributed by atoms with Crippen molar-refractivity contribution in [1.82, 2.24) is 10.3 Å². The number of hydrogen-bond donors (Lipinski definition) is 1. The van der Waals surface area contributed by atoms with E-state index < -0.39 is 0 Å². The first kappa shape index (κ1) is 15.4. The molecule has 0 spiro atoms. The maximum Gasteiger partial charge on any atom is 0.185 e. The number of aromatic nitrogens is 1. The molecule has 1 aromatic rings. The monoisotopic (exact) mass is 271 g/mol. The van der Waals surface area contributed by atoms with Crippen LogP contribution in [0.15, 0.2) is 0 Å². The van der Waals surface area contributed by atoms with Crippen LogP contribution in [0.3, 0.4) is 0 Å². The number of aryl methyl sites for hydroxylation is 1.